The Balaban J connectivity index is 1.75. The Hall–Kier alpha value is -2.58. The van der Waals surface area contributed by atoms with Crippen LogP contribution in [-0.4, -0.2) is 30.1 Å². The van der Waals surface area contributed by atoms with Crippen molar-refractivity contribution in [2.75, 3.05) is 11.6 Å². The minimum absolute atomic E-state index is 0.0436. The fourth-order valence-electron chi connectivity index (χ4n) is 2.46. The number of sulfone groups is 1. The number of imidazole rings is 1. The zero-order valence-corrected chi connectivity index (χ0v) is 16.5. The number of para-hydroxylation sites is 1. The van der Waals surface area contributed by atoms with Gasteiger partial charge in [-0.15, -0.1) is 0 Å². The number of carbonyl (C=O) groups is 1. The van der Waals surface area contributed by atoms with Crippen LogP contribution in [0.3, 0.4) is 0 Å². The van der Waals surface area contributed by atoms with E-state index in [0.29, 0.717) is 16.8 Å². The van der Waals surface area contributed by atoms with Crippen LogP contribution in [0.4, 0.5) is 5.69 Å². The van der Waals surface area contributed by atoms with Gasteiger partial charge in [-0.3, -0.25) is 4.79 Å². The number of anilines is 1. The lowest BCUT2D eigenvalue weighted by Gasteiger charge is -2.11. The van der Waals surface area contributed by atoms with Crippen molar-refractivity contribution in [2.24, 2.45) is 7.05 Å². The number of nitrogens with zero attached hydrogens (tertiary/aromatic N) is 2. The minimum atomic E-state index is -3.10. The first-order valence-electron chi connectivity index (χ1n) is 8.14. The average Bonchev–Trinajstić information content (AvgIpc) is 3.01. The van der Waals surface area contributed by atoms with Crippen LogP contribution in [0.15, 0.2) is 71.0 Å². The Kier molecular flexibility index (Phi) is 5.67. The molecule has 0 aliphatic carbocycles. The highest BCUT2D eigenvalue weighted by Crippen LogP contribution is 2.32. The van der Waals surface area contributed by atoms with Crippen LogP contribution < -0.4 is 5.32 Å². The maximum Gasteiger partial charge on any atom is 0.255 e. The number of carbonyl (C=O) groups excluding carboxylic acids is 1. The Bertz CT molecular complexity index is 1060. The Morgan fingerprint density at radius 3 is 2.48 bits per heavy atom. The van der Waals surface area contributed by atoms with Crippen LogP contribution in [0.25, 0.3) is 0 Å². The summed E-state index contributed by atoms with van der Waals surface area (Å²) in [5.41, 5.74) is 1.81. The van der Waals surface area contributed by atoms with Crippen molar-refractivity contribution in [1.29, 1.82) is 0 Å². The number of rotatable bonds is 6. The molecule has 0 atom stereocenters. The molecule has 2 aromatic carbocycles. The summed E-state index contributed by atoms with van der Waals surface area (Å²) in [6.45, 7) is 0. The molecule has 8 heteroatoms. The van der Waals surface area contributed by atoms with E-state index in [9.17, 15) is 13.2 Å². The first-order chi connectivity index (χ1) is 12.8. The Morgan fingerprint density at radius 1 is 1.15 bits per heavy atom. The largest absolute Gasteiger partial charge is 0.329 e. The van der Waals surface area contributed by atoms with Crippen LogP contribution in [0.2, 0.25) is 0 Å². The SMILES string of the molecule is Cn1ccnc1Sc1ccccc1NC(=O)c1ccc(CS(C)(=O)=O)cc1. The molecule has 1 N–H and O–H groups in total. The van der Waals surface area contributed by atoms with Crippen molar-refractivity contribution < 1.29 is 13.2 Å². The van der Waals surface area contributed by atoms with E-state index in [1.807, 2.05) is 42.1 Å². The topological polar surface area (TPSA) is 81.1 Å². The van der Waals surface area contributed by atoms with E-state index in [0.717, 1.165) is 10.1 Å². The summed E-state index contributed by atoms with van der Waals surface area (Å²) in [5.74, 6) is -0.299. The van der Waals surface area contributed by atoms with Gasteiger partial charge in [0.15, 0.2) is 15.0 Å². The average molecular weight is 402 g/mol. The predicted octanol–water partition coefficient (Wildman–Crippen LogP) is 3.37. The third-order valence-electron chi connectivity index (χ3n) is 3.76. The van der Waals surface area contributed by atoms with Gasteiger partial charge < -0.3 is 9.88 Å². The van der Waals surface area contributed by atoms with Gasteiger partial charge in [-0.2, -0.15) is 0 Å². The number of nitrogens with one attached hydrogen (secondary N) is 1. The number of aryl methyl sites for hydroxylation is 1. The number of benzene rings is 2. The summed E-state index contributed by atoms with van der Waals surface area (Å²) in [6.07, 6.45) is 4.77. The van der Waals surface area contributed by atoms with Gasteiger partial charge >= 0.3 is 0 Å². The lowest BCUT2D eigenvalue weighted by Crippen LogP contribution is -2.12. The standard InChI is InChI=1S/C19H19N3O3S2/c1-22-12-11-20-19(22)26-17-6-4-3-5-16(17)21-18(23)15-9-7-14(8-10-15)13-27(2,24)25/h3-12H,13H2,1-2H3,(H,21,23). The summed E-state index contributed by atoms with van der Waals surface area (Å²) in [4.78, 5) is 17.7. The Morgan fingerprint density at radius 2 is 1.85 bits per heavy atom. The maximum absolute atomic E-state index is 12.6. The maximum atomic E-state index is 12.6. The zero-order chi connectivity index (χ0) is 19.4. The highest BCUT2D eigenvalue weighted by atomic mass is 32.2. The monoisotopic (exact) mass is 401 g/mol. The summed E-state index contributed by atoms with van der Waals surface area (Å²) in [7, 11) is -1.19. The van der Waals surface area contributed by atoms with Crippen molar-refractivity contribution in [3.05, 3.63) is 72.1 Å². The van der Waals surface area contributed by atoms with Gasteiger partial charge in [-0.1, -0.05) is 24.3 Å². The second kappa shape index (κ2) is 7.98. The molecule has 1 amide bonds. The molecule has 0 unspecified atom stereocenters. The molecule has 140 valence electrons. The summed E-state index contributed by atoms with van der Waals surface area (Å²) in [6, 6.07) is 14.1. The van der Waals surface area contributed by atoms with Crippen LogP contribution >= 0.6 is 11.8 Å². The quantitative estimate of drug-likeness (QED) is 0.685. The Labute approximate surface area is 162 Å². The van der Waals surface area contributed by atoms with Gasteiger partial charge in [0.1, 0.15) is 0 Å². The fraction of sp³-hybridized carbons (Fsp3) is 0.158. The molecular weight excluding hydrogens is 382 g/mol. The molecule has 0 fully saturated rings. The van der Waals surface area contributed by atoms with E-state index in [-0.39, 0.29) is 11.7 Å². The number of hydrogen-bond donors (Lipinski definition) is 1. The molecule has 27 heavy (non-hydrogen) atoms. The molecule has 0 saturated heterocycles. The highest BCUT2D eigenvalue weighted by molar-refractivity contribution is 7.99. The molecule has 1 heterocycles. The van der Waals surface area contributed by atoms with Gasteiger partial charge in [0.05, 0.1) is 11.4 Å². The second-order valence-electron chi connectivity index (χ2n) is 6.14. The van der Waals surface area contributed by atoms with Gasteiger partial charge in [0, 0.05) is 36.2 Å². The van der Waals surface area contributed by atoms with Crippen LogP contribution in [0.5, 0.6) is 0 Å². The highest BCUT2D eigenvalue weighted by Gasteiger charge is 2.12. The molecule has 0 spiro atoms. The smallest absolute Gasteiger partial charge is 0.255 e. The van der Waals surface area contributed by atoms with Crippen molar-refractivity contribution >= 4 is 33.2 Å². The molecule has 0 aliphatic rings. The lowest BCUT2D eigenvalue weighted by atomic mass is 10.1. The minimum Gasteiger partial charge on any atom is -0.329 e. The van der Waals surface area contributed by atoms with E-state index in [4.69, 9.17) is 0 Å². The molecule has 3 aromatic rings. The van der Waals surface area contributed by atoms with E-state index >= 15 is 0 Å². The summed E-state index contributed by atoms with van der Waals surface area (Å²) in [5, 5.41) is 3.73. The molecule has 0 saturated carbocycles. The zero-order valence-electron chi connectivity index (χ0n) is 14.9. The number of hydrogen-bond acceptors (Lipinski definition) is 5. The van der Waals surface area contributed by atoms with E-state index < -0.39 is 9.84 Å². The van der Waals surface area contributed by atoms with E-state index in [1.165, 1.54) is 18.0 Å². The fourth-order valence-corrected chi connectivity index (χ4v) is 4.15. The van der Waals surface area contributed by atoms with Gasteiger partial charge in [-0.05, 0) is 41.6 Å². The number of aromatic nitrogens is 2. The van der Waals surface area contributed by atoms with E-state index in [1.54, 1.807) is 30.5 Å². The van der Waals surface area contributed by atoms with Crippen molar-refractivity contribution in [1.82, 2.24) is 9.55 Å². The van der Waals surface area contributed by atoms with Crippen molar-refractivity contribution in [3.63, 3.8) is 0 Å². The van der Waals surface area contributed by atoms with Gasteiger partial charge in [0.2, 0.25) is 0 Å². The molecule has 3 rings (SSSR count). The van der Waals surface area contributed by atoms with Gasteiger partial charge in [-0.25, -0.2) is 13.4 Å². The first-order valence-corrected chi connectivity index (χ1v) is 11.0. The van der Waals surface area contributed by atoms with Crippen molar-refractivity contribution in [3.8, 4) is 0 Å². The molecule has 0 bridgehead atoms. The van der Waals surface area contributed by atoms with Crippen LogP contribution in [-0.2, 0) is 22.6 Å². The third kappa shape index (κ3) is 5.21. The van der Waals surface area contributed by atoms with Crippen LogP contribution in [0.1, 0.15) is 15.9 Å². The van der Waals surface area contributed by atoms with Crippen molar-refractivity contribution in [2.45, 2.75) is 15.8 Å². The number of amides is 1. The normalized spacial score (nSPS) is 11.3. The molecule has 1 aromatic heterocycles. The molecule has 0 aliphatic heterocycles. The third-order valence-corrected chi connectivity index (χ3v) is 5.77. The second-order valence-corrected chi connectivity index (χ2v) is 9.29. The first kappa shape index (κ1) is 19.2. The summed E-state index contributed by atoms with van der Waals surface area (Å²) < 4.78 is 24.6. The molecular formula is C19H19N3O3S2. The van der Waals surface area contributed by atoms with Gasteiger partial charge in [0.25, 0.3) is 5.91 Å². The lowest BCUT2D eigenvalue weighted by molar-refractivity contribution is 0.102. The predicted molar refractivity (Wildman–Crippen MR) is 107 cm³/mol. The van der Waals surface area contributed by atoms with Crippen LogP contribution in [0, 0.1) is 0 Å². The van der Waals surface area contributed by atoms with E-state index in [2.05, 4.69) is 10.3 Å². The molecule has 0 radical (unpaired) electrons. The summed E-state index contributed by atoms with van der Waals surface area (Å²) >= 11 is 1.46. The molecule has 6 nitrogen and oxygen atoms in total.